The molecule has 1 heterocycles. The molecule has 112 valence electrons. The van der Waals surface area contributed by atoms with E-state index in [-0.39, 0.29) is 0 Å². The topological polar surface area (TPSA) is 42.0 Å². The summed E-state index contributed by atoms with van der Waals surface area (Å²) in [6, 6.07) is 18.0. The van der Waals surface area contributed by atoms with Crippen molar-refractivity contribution in [2.24, 2.45) is 15.4 Å². The number of nitrogens with zero attached hydrogens (tertiary/aromatic N) is 4. The van der Waals surface area contributed by atoms with Crippen LogP contribution in [0.3, 0.4) is 0 Å². The summed E-state index contributed by atoms with van der Waals surface area (Å²) in [6.45, 7) is 3.15. The van der Waals surface area contributed by atoms with Gasteiger partial charge in [0.15, 0.2) is 0 Å². The van der Waals surface area contributed by atoms with Gasteiger partial charge in [-0.1, -0.05) is 55.0 Å². The molecular weight excluding hydrogens is 292 g/mol. The Balaban J connectivity index is 1.98. The average Bonchev–Trinajstić information content (AvgIpc) is 2.91. The normalized spacial score (nSPS) is 12.5. The van der Waals surface area contributed by atoms with Gasteiger partial charge in [0.05, 0.1) is 15.9 Å². The number of rotatable bonds is 5. The average molecular weight is 310 g/mol. The van der Waals surface area contributed by atoms with Crippen molar-refractivity contribution in [2.75, 3.05) is 0 Å². The van der Waals surface area contributed by atoms with E-state index in [0.29, 0.717) is 0 Å². The molecule has 22 heavy (non-hydrogen) atoms. The highest BCUT2D eigenvalue weighted by atomic mass is 32.1. The summed E-state index contributed by atoms with van der Waals surface area (Å²) < 4.78 is 3.46. The van der Waals surface area contributed by atoms with Gasteiger partial charge in [0, 0.05) is 6.54 Å². The van der Waals surface area contributed by atoms with Gasteiger partial charge in [-0.2, -0.15) is 0 Å². The quantitative estimate of drug-likeness (QED) is 0.464. The van der Waals surface area contributed by atoms with Crippen LogP contribution in [0.1, 0.15) is 19.8 Å². The molecule has 0 aliphatic carbocycles. The molecule has 5 heteroatoms. The van der Waals surface area contributed by atoms with E-state index in [4.69, 9.17) is 0 Å². The van der Waals surface area contributed by atoms with Crippen LogP contribution >= 0.6 is 11.3 Å². The molecule has 0 unspecified atom stereocenters. The predicted molar refractivity (Wildman–Crippen MR) is 91.2 cm³/mol. The number of benzene rings is 2. The van der Waals surface area contributed by atoms with Gasteiger partial charge < -0.3 is 4.57 Å². The number of fused-ring (bicyclic) bond motifs is 1. The van der Waals surface area contributed by atoms with Gasteiger partial charge in [0.2, 0.25) is 4.80 Å². The van der Waals surface area contributed by atoms with Gasteiger partial charge >= 0.3 is 0 Å². The summed E-state index contributed by atoms with van der Waals surface area (Å²) in [4.78, 5) is 0.898. The first kappa shape index (κ1) is 14.7. The fourth-order valence-corrected chi connectivity index (χ4v) is 3.24. The second-order valence-corrected chi connectivity index (χ2v) is 5.99. The van der Waals surface area contributed by atoms with E-state index in [1.165, 1.54) is 10.2 Å². The minimum Gasteiger partial charge on any atom is -0.315 e. The summed E-state index contributed by atoms with van der Waals surface area (Å²) in [7, 11) is 0. The highest BCUT2D eigenvalue weighted by Crippen LogP contribution is 2.17. The van der Waals surface area contributed by atoms with Crippen LogP contribution in [0.4, 0.5) is 5.69 Å². The summed E-state index contributed by atoms with van der Waals surface area (Å²) in [6.07, 6.45) is 2.28. The first-order chi connectivity index (χ1) is 10.9. The molecule has 3 rings (SSSR count). The van der Waals surface area contributed by atoms with Crippen molar-refractivity contribution < 1.29 is 0 Å². The molecule has 0 atom stereocenters. The summed E-state index contributed by atoms with van der Waals surface area (Å²) in [5.74, 6) is 0. The number of aromatic nitrogens is 1. The fraction of sp³-hybridized carbons (Fsp3) is 0.235. The van der Waals surface area contributed by atoms with Gasteiger partial charge in [0.1, 0.15) is 0 Å². The third-order valence-electron chi connectivity index (χ3n) is 3.37. The summed E-state index contributed by atoms with van der Waals surface area (Å²) >= 11 is 1.65. The molecule has 3 aromatic rings. The van der Waals surface area contributed by atoms with E-state index >= 15 is 0 Å². The molecule has 0 N–H and O–H groups in total. The molecular formula is C17H18N4S. The van der Waals surface area contributed by atoms with E-state index in [0.717, 1.165) is 29.9 Å². The van der Waals surface area contributed by atoms with Gasteiger partial charge in [0.25, 0.3) is 0 Å². The zero-order valence-corrected chi connectivity index (χ0v) is 13.3. The zero-order chi connectivity index (χ0) is 15.2. The largest absolute Gasteiger partial charge is 0.315 e. The maximum absolute atomic E-state index is 4.33. The van der Waals surface area contributed by atoms with Crippen LogP contribution in [0.15, 0.2) is 70.0 Å². The minimum atomic E-state index is 0.812. The van der Waals surface area contributed by atoms with Crippen LogP contribution in [-0.4, -0.2) is 4.57 Å². The van der Waals surface area contributed by atoms with Crippen LogP contribution in [0.5, 0.6) is 0 Å². The molecule has 0 aliphatic heterocycles. The van der Waals surface area contributed by atoms with Crippen molar-refractivity contribution in [3.63, 3.8) is 0 Å². The molecule has 2 aromatic carbocycles. The molecule has 0 aliphatic rings. The van der Waals surface area contributed by atoms with Crippen LogP contribution < -0.4 is 4.80 Å². The maximum atomic E-state index is 4.33. The van der Waals surface area contributed by atoms with Crippen molar-refractivity contribution in [1.82, 2.24) is 4.57 Å². The molecule has 0 radical (unpaired) electrons. The van der Waals surface area contributed by atoms with E-state index < -0.39 is 0 Å². The highest BCUT2D eigenvalue weighted by Gasteiger charge is 2.04. The van der Waals surface area contributed by atoms with Gasteiger partial charge in [-0.15, -0.1) is 10.2 Å². The number of hydrogen-bond acceptors (Lipinski definition) is 3. The van der Waals surface area contributed by atoms with Gasteiger partial charge in [-0.05, 0) is 35.9 Å². The van der Waals surface area contributed by atoms with Crippen LogP contribution in [0.2, 0.25) is 0 Å². The maximum Gasteiger partial charge on any atom is 0.213 e. The Hall–Kier alpha value is -2.27. The lowest BCUT2D eigenvalue weighted by atomic mass is 10.3. The Bertz CT molecular complexity index is 830. The molecule has 0 spiro atoms. The van der Waals surface area contributed by atoms with E-state index in [2.05, 4.69) is 51.2 Å². The number of aryl methyl sites for hydroxylation is 1. The molecule has 4 nitrogen and oxygen atoms in total. The molecule has 0 fully saturated rings. The Kier molecular flexibility index (Phi) is 4.75. The second-order valence-electron chi connectivity index (χ2n) is 4.98. The zero-order valence-electron chi connectivity index (χ0n) is 12.5. The van der Waals surface area contributed by atoms with Crippen molar-refractivity contribution in [3.8, 4) is 0 Å². The lowest BCUT2D eigenvalue weighted by molar-refractivity contribution is 0.630. The first-order valence-electron chi connectivity index (χ1n) is 7.46. The SMILES string of the molecule is CCCCn1/c(=N\N=Nc2ccccc2)sc2ccccc21. The number of unbranched alkanes of at least 4 members (excludes halogenated alkanes) is 1. The molecule has 0 saturated heterocycles. The van der Waals surface area contributed by atoms with Crippen molar-refractivity contribution >= 4 is 27.2 Å². The second kappa shape index (κ2) is 7.13. The number of hydrogen-bond donors (Lipinski definition) is 0. The minimum absolute atomic E-state index is 0.812. The molecule has 0 saturated carbocycles. The Morgan fingerprint density at radius 2 is 1.77 bits per heavy atom. The first-order valence-corrected chi connectivity index (χ1v) is 8.28. The Labute approximate surface area is 133 Å². The monoisotopic (exact) mass is 310 g/mol. The third-order valence-corrected chi connectivity index (χ3v) is 4.42. The predicted octanol–water partition coefficient (Wildman–Crippen LogP) is 5.10. The van der Waals surface area contributed by atoms with Crippen molar-refractivity contribution in [2.45, 2.75) is 26.3 Å². The lowest BCUT2D eigenvalue weighted by Gasteiger charge is -2.02. The lowest BCUT2D eigenvalue weighted by Crippen LogP contribution is -2.14. The summed E-state index contributed by atoms with van der Waals surface area (Å²) in [5.41, 5.74) is 2.03. The van der Waals surface area contributed by atoms with Crippen molar-refractivity contribution in [1.29, 1.82) is 0 Å². The molecule has 1 aromatic heterocycles. The standard InChI is InChI=1S/C17H18N4S/c1-2-3-13-21-15-11-7-8-12-16(15)22-17(21)19-20-18-14-9-5-4-6-10-14/h4-12H,2-3,13H2,1H3/b19-17+,20-18?. The van der Waals surface area contributed by atoms with Crippen molar-refractivity contribution in [3.05, 3.63) is 59.4 Å². The van der Waals surface area contributed by atoms with E-state index in [9.17, 15) is 0 Å². The highest BCUT2D eigenvalue weighted by molar-refractivity contribution is 7.16. The van der Waals surface area contributed by atoms with Crippen LogP contribution in [0.25, 0.3) is 10.2 Å². The van der Waals surface area contributed by atoms with Crippen LogP contribution in [-0.2, 0) is 6.54 Å². The van der Waals surface area contributed by atoms with E-state index in [1.54, 1.807) is 11.3 Å². The molecule has 0 bridgehead atoms. The van der Waals surface area contributed by atoms with Gasteiger partial charge in [-0.3, -0.25) is 0 Å². The Morgan fingerprint density at radius 1 is 1.00 bits per heavy atom. The number of thiazole rings is 1. The Morgan fingerprint density at radius 3 is 2.59 bits per heavy atom. The summed E-state index contributed by atoms with van der Waals surface area (Å²) in [5, 5.41) is 12.5. The fourth-order valence-electron chi connectivity index (χ4n) is 2.24. The number of para-hydroxylation sites is 1. The van der Waals surface area contributed by atoms with Crippen LogP contribution in [0, 0.1) is 0 Å². The van der Waals surface area contributed by atoms with E-state index in [1.807, 2.05) is 30.3 Å². The molecule has 0 amide bonds. The third kappa shape index (κ3) is 3.31. The smallest absolute Gasteiger partial charge is 0.213 e. The van der Waals surface area contributed by atoms with Gasteiger partial charge in [-0.25, -0.2) is 0 Å².